The number of carbonyl (C=O) groups excluding carboxylic acids is 1. The fraction of sp³-hybridized carbons (Fsp3) is 0.889. The summed E-state index contributed by atoms with van der Waals surface area (Å²) in [5, 5.41) is 0. The molecule has 0 aromatic rings. The standard InChI is InChI=1S/C9H18N2O3S.ClH/c1-3-8(10)9(12)11-4-5-15(13,14)6-7(11)2;/h7-8H,3-6,10H2,1-2H3;1H/t7?,8-;/m0./s1. The number of halogens is 1. The molecule has 0 aliphatic carbocycles. The molecule has 1 amide bonds. The van der Waals surface area contributed by atoms with Crippen molar-refractivity contribution in [2.75, 3.05) is 18.1 Å². The van der Waals surface area contributed by atoms with E-state index >= 15 is 0 Å². The van der Waals surface area contributed by atoms with Gasteiger partial charge in [0.2, 0.25) is 5.91 Å². The van der Waals surface area contributed by atoms with Crippen molar-refractivity contribution in [3.05, 3.63) is 0 Å². The van der Waals surface area contributed by atoms with Gasteiger partial charge >= 0.3 is 0 Å². The Balaban J connectivity index is 0.00000225. The Morgan fingerprint density at radius 1 is 1.56 bits per heavy atom. The summed E-state index contributed by atoms with van der Waals surface area (Å²) in [7, 11) is -2.97. The molecule has 0 spiro atoms. The third kappa shape index (κ3) is 3.61. The van der Waals surface area contributed by atoms with E-state index < -0.39 is 15.9 Å². The molecular formula is C9H19ClN2O3S. The van der Waals surface area contributed by atoms with Gasteiger partial charge in [-0.15, -0.1) is 12.4 Å². The van der Waals surface area contributed by atoms with E-state index in [-0.39, 0.29) is 42.4 Å². The molecular weight excluding hydrogens is 252 g/mol. The zero-order valence-electron chi connectivity index (χ0n) is 9.55. The van der Waals surface area contributed by atoms with Gasteiger partial charge in [-0.3, -0.25) is 4.79 Å². The van der Waals surface area contributed by atoms with E-state index in [1.165, 1.54) is 0 Å². The molecule has 0 radical (unpaired) electrons. The Bertz CT molecular complexity index is 345. The smallest absolute Gasteiger partial charge is 0.239 e. The summed E-state index contributed by atoms with van der Waals surface area (Å²) >= 11 is 0. The molecule has 1 heterocycles. The van der Waals surface area contributed by atoms with Gasteiger partial charge < -0.3 is 10.6 Å². The van der Waals surface area contributed by atoms with Gasteiger partial charge in [-0.1, -0.05) is 6.92 Å². The van der Waals surface area contributed by atoms with E-state index in [4.69, 9.17) is 5.73 Å². The van der Waals surface area contributed by atoms with E-state index in [9.17, 15) is 13.2 Å². The number of sulfone groups is 1. The van der Waals surface area contributed by atoms with Gasteiger partial charge in [0.05, 0.1) is 17.5 Å². The van der Waals surface area contributed by atoms with E-state index in [0.717, 1.165) is 0 Å². The molecule has 1 unspecified atom stereocenters. The van der Waals surface area contributed by atoms with Crippen LogP contribution in [-0.4, -0.2) is 49.4 Å². The molecule has 0 aromatic carbocycles. The molecule has 1 saturated heterocycles. The summed E-state index contributed by atoms with van der Waals surface area (Å²) in [5.74, 6) is -0.0331. The zero-order chi connectivity index (χ0) is 11.6. The molecule has 2 atom stereocenters. The largest absolute Gasteiger partial charge is 0.337 e. The normalized spacial score (nSPS) is 25.7. The van der Waals surface area contributed by atoms with E-state index in [1.807, 2.05) is 6.92 Å². The fourth-order valence-electron chi connectivity index (χ4n) is 1.71. The molecule has 1 aliphatic rings. The number of nitrogens with two attached hydrogens (primary N) is 1. The van der Waals surface area contributed by atoms with Crippen molar-refractivity contribution in [1.82, 2.24) is 4.90 Å². The minimum Gasteiger partial charge on any atom is -0.337 e. The number of nitrogens with zero attached hydrogens (tertiary/aromatic N) is 1. The average molecular weight is 271 g/mol. The van der Waals surface area contributed by atoms with Crippen LogP contribution in [0.2, 0.25) is 0 Å². The number of hydrogen-bond acceptors (Lipinski definition) is 4. The predicted octanol–water partition coefficient (Wildman–Crippen LogP) is -0.209. The summed E-state index contributed by atoms with van der Waals surface area (Å²) in [5.41, 5.74) is 5.64. The first-order valence-corrected chi connectivity index (χ1v) is 6.96. The molecule has 0 saturated carbocycles. The Kier molecular flexibility index (Phi) is 5.72. The second kappa shape index (κ2) is 5.84. The summed E-state index contributed by atoms with van der Waals surface area (Å²) in [6.45, 7) is 3.86. The van der Waals surface area contributed by atoms with Gasteiger partial charge in [0.15, 0.2) is 9.84 Å². The third-order valence-corrected chi connectivity index (χ3v) is 4.51. The van der Waals surface area contributed by atoms with Crippen LogP contribution in [-0.2, 0) is 14.6 Å². The quantitative estimate of drug-likeness (QED) is 0.753. The van der Waals surface area contributed by atoms with Crippen molar-refractivity contribution >= 4 is 28.2 Å². The van der Waals surface area contributed by atoms with Crippen molar-refractivity contribution in [3.8, 4) is 0 Å². The molecule has 5 nitrogen and oxygen atoms in total. The lowest BCUT2D eigenvalue weighted by Gasteiger charge is -2.34. The Morgan fingerprint density at radius 2 is 2.12 bits per heavy atom. The van der Waals surface area contributed by atoms with Crippen molar-refractivity contribution in [2.45, 2.75) is 32.4 Å². The molecule has 7 heteroatoms. The minimum absolute atomic E-state index is 0. The van der Waals surface area contributed by atoms with Gasteiger partial charge in [-0.05, 0) is 13.3 Å². The molecule has 1 aliphatic heterocycles. The molecule has 0 aromatic heterocycles. The van der Waals surface area contributed by atoms with Crippen LogP contribution in [0.5, 0.6) is 0 Å². The molecule has 16 heavy (non-hydrogen) atoms. The lowest BCUT2D eigenvalue weighted by molar-refractivity contribution is -0.134. The number of rotatable bonds is 2. The maximum absolute atomic E-state index is 11.8. The predicted molar refractivity (Wildman–Crippen MR) is 65.3 cm³/mol. The Labute approximate surface area is 103 Å². The SMILES string of the molecule is CC[C@H](N)C(=O)N1CCS(=O)(=O)CC1C.Cl. The number of carbonyl (C=O) groups is 1. The zero-order valence-corrected chi connectivity index (χ0v) is 11.2. The lowest BCUT2D eigenvalue weighted by Crippen LogP contribution is -2.54. The molecule has 96 valence electrons. The van der Waals surface area contributed by atoms with Crippen LogP contribution in [0, 0.1) is 0 Å². The molecule has 0 bridgehead atoms. The topological polar surface area (TPSA) is 80.5 Å². The van der Waals surface area contributed by atoms with Crippen LogP contribution in [0.1, 0.15) is 20.3 Å². The van der Waals surface area contributed by atoms with E-state index in [2.05, 4.69) is 0 Å². The van der Waals surface area contributed by atoms with Gasteiger partial charge in [-0.25, -0.2) is 8.42 Å². The monoisotopic (exact) mass is 270 g/mol. The Morgan fingerprint density at radius 3 is 2.56 bits per heavy atom. The first-order chi connectivity index (χ1) is 6.87. The van der Waals surface area contributed by atoms with E-state index in [1.54, 1.807) is 11.8 Å². The van der Waals surface area contributed by atoms with Crippen molar-refractivity contribution in [2.24, 2.45) is 5.73 Å². The summed E-state index contributed by atoms with van der Waals surface area (Å²) in [6.07, 6.45) is 0.578. The highest BCUT2D eigenvalue weighted by Gasteiger charge is 2.32. The highest BCUT2D eigenvalue weighted by molar-refractivity contribution is 7.91. The van der Waals surface area contributed by atoms with Crippen molar-refractivity contribution < 1.29 is 13.2 Å². The second-order valence-corrected chi connectivity index (χ2v) is 6.24. The van der Waals surface area contributed by atoms with Gasteiger partial charge in [0.25, 0.3) is 0 Å². The number of amides is 1. The fourth-order valence-corrected chi connectivity index (χ4v) is 3.27. The second-order valence-electron chi connectivity index (χ2n) is 4.01. The lowest BCUT2D eigenvalue weighted by atomic mass is 10.2. The van der Waals surface area contributed by atoms with Crippen molar-refractivity contribution in [3.63, 3.8) is 0 Å². The first kappa shape index (κ1) is 15.7. The van der Waals surface area contributed by atoms with Gasteiger partial charge in [-0.2, -0.15) is 0 Å². The van der Waals surface area contributed by atoms with Crippen molar-refractivity contribution in [1.29, 1.82) is 0 Å². The van der Waals surface area contributed by atoms with Gasteiger partial charge in [0.1, 0.15) is 0 Å². The van der Waals surface area contributed by atoms with Crippen LogP contribution >= 0.6 is 12.4 Å². The molecule has 2 N–H and O–H groups in total. The highest BCUT2D eigenvalue weighted by atomic mass is 35.5. The minimum atomic E-state index is -2.97. The molecule has 1 fully saturated rings. The summed E-state index contributed by atoms with van der Waals surface area (Å²) in [4.78, 5) is 13.3. The Hall–Kier alpha value is -0.330. The van der Waals surface area contributed by atoms with Crippen LogP contribution in [0.15, 0.2) is 0 Å². The van der Waals surface area contributed by atoms with Crippen LogP contribution in [0.3, 0.4) is 0 Å². The maximum Gasteiger partial charge on any atom is 0.239 e. The van der Waals surface area contributed by atoms with E-state index in [0.29, 0.717) is 6.42 Å². The van der Waals surface area contributed by atoms with Gasteiger partial charge in [0, 0.05) is 12.6 Å². The highest BCUT2D eigenvalue weighted by Crippen LogP contribution is 2.12. The summed E-state index contributed by atoms with van der Waals surface area (Å²) in [6, 6.07) is -0.762. The van der Waals surface area contributed by atoms with Crippen LogP contribution < -0.4 is 5.73 Å². The third-order valence-electron chi connectivity index (χ3n) is 2.71. The summed E-state index contributed by atoms with van der Waals surface area (Å²) < 4.78 is 22.6. The number of hydrogen-bond donors (Lipinski definition) is 1. The maximum atomic E-state index is 11.8. The van der Waals surface area contributed by atoms with Crippen LogP contribution in [0.25, 0.3) is 0 Å². The first-order valence-electron chi connectivity index (χ1n) is 5.14. The molecule has 1 rings (SSSR count). The van der Waals surface area contributed by atoms with Crippen LogP contribution in [0.4, 0.5) is 0 Å². The average Bonchev–Trinajstić information content (AvgIpc) is 2.14.